The van der Waals surface area contributed by atoms with Crippen LogP contribution in [0, 0.1) is 12.3 Å². The molecule has 0 bridgehead atoms. The number of hydrogen-bond acceptors (Lipinski definition) is 3. The van der Waals surface area contributed by atoms with Crippen LogP contribution in [0.3, 0.4) is 0 Å². The zero-order valence-corrected chi connectivity index (χ0v) is 9.03. The lowest BCUT2D eigenvalue weighted by Crippen LogP contribution is -2.23. The molecule has 1 rings (SSSR count). The van der Waals surface area contributed by atoms with E-state index in [2.05, 4.69) is 10.9 Å². The quantitative estimate of drug-likeness (QED) is 0.551. The van der Waals surface area contributed by atoms with E-state index >= 15 is 0 Å². The van der Waals surface area contributed by atoms with Crippen LogP contribution in [0.2, 0.25) is 0 Å². The molecule has 0 aliphatic carbocycles. The van der Waals surface area contributed by atoms with Crippen molar-refractivity contribution in [3.05, 3.63) is 24.0 Å². The fourth-order valence-electron chi connectivity index (χ4n) is 1.28. The van der Waals surface area contributed by atoms with Crippen LogP contribution in [0.5, 0.6) is 0 Å². The summed E-state index contributed by atoms with van der Waals surface area (Å²) in [5.74, 6) is 2.56. The first-order valence-electron chi connectivity index (χ1n) is 4.84. The predicted octanol–water partition coefficient (Wildman–Crippen LogP) is 1.74. The van der Waals surface area contributed by atoms with Crippen molar-refractivity contribution in [1.29, 1.82) is 0 Å². The van der Waals surface area contributed by atoms with E-state index in [0.29, 0.717) is 12.2 Å². The van der Waals surface area contributed by atoms with E-state index in [1.54, 1.807) is 12.3 Å². The highest BCUT2D eigenvalue weighted by atomic mass is 16.1. The third-order valence-corrected chi connectivity index (χ3v) is 2.14. The molecule has 0 spiro atoms. The molecule has 0 N–H and O–H groups in total. The molecule has 3 nitrogen and oxygen atoms in total. The molecule has 0 aromatic carbocycles. The molecule has 0 aliphatic rings. The molecule has 0 atom stereocenters. The minimum atomic E-state index is -0.0263. The third kappa shape index (κ3) is 2.81. The van der Waals surface area contributed by atoms with Crippen LogP contribution < -0.4 is 4.90 Å². The maximum absolute atomic E-state index is 11.0. The molecular weight excluding hydrogens is 188 g/mol. The Labute approximate surface area is 90.1 Å². The molecule has 1 aromatic rings. The monoisotopic (exact) mass is 202 g/mol. The Hall–Kier alpha value is -1.82. The number of terminal acetylenes is 1. The molecule has 1 aromatic heterocycles. The second-order valence-electron chi connectivity index (χ2n) is 3.18. The first kappa shape index (κ1) is 11.3. The molecule has 3 heteroatoms. The topological polar surface area (TPSA) is 33.2 Å². The molecule has 0 fully saturated rings. The average Bonchev–Trinajstić information content (AvgIpc) is 2.26. The maximum atomic E-state index is 11.0. The van der Waals surface area contributed by atoms with Gasteiger partial charge in [-0.2, -0.15) is 0 Å². The number of Topliss-reactive ketones (excluding diaryl/α,β-unsaturated/α-hetero) is 1. The van der Waals surface area contributed by atoms with Crippen molar-refractivity contribution >= 4 is 11.5 Å². The Morgan fingerprint density at radius 3 is 2.73 bits per heavy atom. The van der Waals surface area contributed by atoms with Gasteiger partial charge in [-0.1, -0.05) is 5.92 Å². The van der Waals surface area contributed by atoms with E-state index in [4.69, 9.17) is 6.42 Å². The van der Waals surface area contributed by atoms with Crippen molar-refractivity contribution < 1.29 is 4.79 Å². The fourth-order valence-corrected chi connectivity index (χ4v) is 1.28. The number of anilines is 1. The highest BCUT2D eigenvalue weighted by Crippen LogP contribution is 2.12. The van der Waals surface area contributed by atoms with Crippen LogP contribution in [0.15, 0.2) is 18.3 Å². The number of hydrogen-bond donors (Lipinski definition) is 0. The number of ketones is 1. The molecule has 0 saturated heterocycles. The highest BCUT2D eigenvalue weighted by molar-refractivity contribution is 5.92. The summed E-state index contributed by atoms with van der Waals surface area (Å²) in [7, 11) is 0. The average molecular weight is 202 g/mol. The molecule has 0 amide bonds. The smallest absolute Gasteiger partial charge is 0.178 e. The second-order valence-corrected chi connectivity index (χ2v) is 3.18. The van der Waals surface area contributed by atoms with Crippen LogP contribution in [0.1, 0.15) is 24.3 Å². The number of carbonyl (C=O) groups excluding carboxylic acids is 1. The summed E-state index contributed by atoms with van der Waals surface area (Å²) >= 11 is 0. The standard InChI is InChI=1S/C12H14N2O/c1-4-8-14(5-2)11-6-7-12(10(3)15)13-9-11/h1,6-7,9H,5,8H2,2-3H3. The molecule has 0 radical (unpaired) electrons. The molecule has 0 saturated carbocycles. The van der Waals surface area contributed by atoms with Crippen molar-refractivity contribution in [2.75, 3.05) is 18.0 Å². The van der Waals surface area contributed by atoms with Gasteiger partial charge in [0.2, 0.25) is 0 Å². The largest absolute Gasteiger partial charge is 0.359 e. The Balaban J connectivity index is 2.87. The number of rotatable bonds is 4. The number of aromatic nitrogens is 1. The lowest BCUT2D eigenvalue weighted by atomic mass is 10.2. The second kappa shape index (κ2) is 5.16. The van der Waals surface area contributed by atoms with Crippen LogP contribution >= 0.6 is 0 Å². The minimum Gasteiger partial charge on any atom is -0.359 e. The van der Waals surface area contributed by atoms with Crippen molar-refractivity contribution in [2.24, 2.45) is 0 Å². The Morgan fingerprint density at radius 1 is 1.60 bits per heavy atom. The van der Waals surface area contributed by atoms with Crippen LogP contribution in [-0.4, -0.2) is 23.9 Å². The van der Waals surface area contributed by atoms with Crippen molar-refractivity contribution in [3.8, 4) is 12.3 Å². The van der Waals surface area contributed by atoms with Gasteiger partial charge in [-0.3, -0.25) is 9.78 Å². The van der Waals surface area contributed by atoms with Crippen molar-refractivity contribution in [3.63, 3.8) is 0 Å². The van der Waals surface area contributed by atoms with E-state index < -0.39 is 0 Å². The Morgan fingerprint density at radius 2 is 2.33 bits per heavy atom. The van der Waals surface area contributed by atoms with Gasteiger partial charge in [0, 0.05) is 13.5 Å². The summed E-state index contributed by atoms with van der Waals surface area (Å²) < 4.78 is 0. The molecule has 0 aliphatic heterocycles. The SMILES string of the molecule is C#CCN(CC)c1ccc(C(C)=O)nc1. The van der Waals surface area contributed by atoms with Gasteiger partial charge in [0.1, 0.15) is 5.69 Å². The van der Waals surface area contributed by atoms with Crippen LogP contribution in [-0.2, 0) is 0 Å². The Kier molecular flexibility index (Phi) is 3.87. The Bertz CT molecular complexity index is 376. The van der Waals surface area contributed by atoms with E-state index in [9.17, 15) is 4.79 Å². The summed E-state index contributed by atoms with van der Waals surface area (Å²) in [4.78, 5) is 17.1. The zero-order valence-electron chi connectivity index (χ0n) is 9.03. The van der Waals surface area contributed by atoms with Crippen LogP contribution in [0.4, 0.5) is 5.69 Å². The fraction of sp³-hybridized carbons (Fsp3) is 0.333. The molecule has 0 unspecified atom stereocenters. The van der Waals surface area contributed by atoms with Gasteiger partial charge in [0.15, 0.2) is 5.78 Å². The lowest BCUT2D eigenvalue weighted by molar-refractivity contribution is 0.101. The van der Waals surface area contributed by atoms with Gasteiger partial charge in [-0.15, -0.1) is 6.42 Å². The molecule has 78 valence electrons. The van der Waals surface area contributed by atoms with E-state index in [1.165, 1.54) is 6.92 Å². The third-order valence-electron chi connectivity index (χ3n) is 2.14. The number of pyridine rings is 1. The molecule has 1 heterocycles. The van der Waals surface area contributed by atoms with E-state index in [-0.39, 0.29) is 5.78 Å². The first-order chi connectivity index (χ1) is 7.19. The predicted molar refractivity (Wildman–Crippen MR) is 61.0 cm³/mol. The summed E-state index contributed by atoms with van der Waals surface area (Å²) in [6.07, 6.45) is 6.93. The van der Waals surface area contributed by atoms with Crippen molar-refractivity contribution in [2.45, 2.75) is 13.8 Å². The highest BCUT2D eigenvalue weighted by Gasteiger charge is 2.04. The van der Waals surface area contributed by atoms with Gasteiger partial charge >= 0.3 is 0 Å². The summed E-state index contributed by atoms with van der Waals surface area (Å²) in [5, 5.41) is 0. The van der Waals surface area contributed by atoms with Crippen LogP contribution in [0.25, 0.3) is 0 Å². The minimum absolute atomic E-state index is 0.0263. The number of nitrogens with zero attached hydrogens (tertiary/aromatic N) is 2. The lowest BCUT2D eigenvalue weighted by Gasteiger charge is -2.19. The van der Waals surface area contributed by atoms with Gasteiger partial charge in [0.05, 0.1) is 18.4 Å². The summed E-state index contributed by atoms with van der Waals surface area (Å²) in [5.41, 5.74) is 1.43. The molecule has 15 heavy (non-hydrogen) atoms. The maximum Gasteiger partial charge on any atom is 0.178 e. The van der Waals surface area contributed by atoms with E-state index in [1.807, 2.05) is 17.9 Å². The zero-order chi connectivity index (χ0) is 11.3. The normalized spacial score (nSPS) is 9.40. The van der Waals surface area contributed by atoms with Gasteiger partial charge in [-0.25, -0.2) is 0 Å². The summed E-state index contributed by atoms with van der Waals surface area (Å²) in [6, 6.07) is 3.58. The first-order valence-corrected chi connectivity index (χ1v) is 4.84. The summed E-state index contributed by atoms with van der Waals surface area (Å²) in [6.45, 7) is 4.90. The van der Waals surface area contributed by atoms with Gasteiger partial charge < -0.3 is 4.90 Å². The van der Waals surface area contributed by atoms with E-state index in [0.717, 1.165) is 12.2 Å². The number of carbonyl (C=O) groups is 1. The van der Waals surface area contributed by atoms with Gasteiger partial charge in [0.25, 0.3) is 0 Å². The van der Waals surface area contributed by atoms with Crippen molar-refractivity contribution in [1.82, 2.24) is 4.98 Å². The molecular formula is C12H14N2O. The van der Waals surface area contributed by atoms with Gasteiger partial charge in [-0.05, 0) is 19.1 Å².